The van der Waals surface area contributed by atoms with Crippen LogP contribution in [0.1, 0.15) is 12.8 Å². The number of hydrogen-bond donors (Lipinski definition) is 1. The summed E-state index contributed by atoms with van der Waals surface area (Å²) in [4.78, 5) is 2.27. The second-order valence-corrected chi connectivity index (χ2v) is 5.64. The van der Waals surface area contributed by atoms with Gasteiger partial charge in [-0.1, -0.05) is 12.1 Å². The smallest absolute Gasteiger partial charge is 0.181 e. The number of benzene rings is 1. The Morgan fingerprint density at radius 3 is 2.79 bits per heavy atom. The van der Waals surface area contributed by atoms with Gasteiger partial charge in [-0.15, -0.1) is 0 Å². The molecule has 1 saturated heterocycles. The highest BCUT2D eigenvalue weighted by atomic mass is 32.1. The van der Waals surface area contributed by atoms with E-state index >= 15 is 0 Å². The number of rotatable bonds is 2. The van der Waals surface area contributed by atoms with Crippen LogP contribution in [0.15, 0.2) is 24.3 Å². The zero-order valence-electron chi connectivity index (χ0n) is 11.1. The molecule has 2 heterocycles. The van der Waals surface area contributed by atoms with Crippen LogP contribution in [0.4, 0.5) is 0 Å². The van der Waals surface area contributed by atoms with Gasteiger partial charge in [-0.25, -0.2) is 0 Å². The molecular formula is C14H19N3OS. The Labute approximate surface area is 117 Å². The van der Waals surface area contributed by atoms with E-state index in [0.717, 1.165) is 48.4 Å². The summed E-state index contributed by atoms with van der Waals surface area (Å²) in [5.74, 6) is 0. The summed E-state index contributed by atoms with van der Waals surface area (Å²) >= 11 is 5.53. The van der Waals surface area contributed by atoms with Crippen LogP contribution in [-0.2, 0) is 13.7 Å². The second-order valence-electron chi connectivity index (χ2n) is 5.27. The minimum atomic E-state index is -0.196. The van der Waals surface area contributed by atoms with Crippen molar-refractivity contribution in [3.63, 3.8) is 0 Å². The number of para-hydroxylation sites is 2. The highest BCUT2D eigenvalue weighted by molar-refractivity contribution is 7.71. The van der Waals surface area contributed by atoms with Crippen molar-refractivity contribution in [2.24, 2.45) is 7.05 Å². The first kappa shape index (κ1) is 12.8. The van der Waals surface area contributed by atoms with Crippen LogP contribution in [-0.4, -0.2) is 38.3 Å². The molecular weight excluding hydrogens is 258 g/mol. The number of piperidine rings is 1. The molecule has 1 atom stereocenters. The molecule has 0 amide bonds. The molecule has 0 bridgehead atoms. The first-order chi connectivity index (χ1) is 9.16. The molecule has 1 aliphatic rings. The maximum absolute atomic E-state index is 9.76. The average Bonchev–Trinajstić information content (AvgIpc) is 2.65. The molecule has 0 saturated carbocycles. The fourth-order valence-corrected chi connectivity index (χ4v) is 3.11. The van der Waals surface area contributed by atoms with Gasteiger partial charge in [-0.2, -0.15) is 0 Å². The molecule has 5 heteroatoms. The van der Waals surface area contributed by atoms with Gasteiger partial charge in [0.2, 0.25) is 0 Å². The molecule has 1 aliphatic heterocycles. The van der Waals surface area contributed by atoms with Crippen molar-refractivity contribution in [2.45, 2.75) is 25.6 Å². The Hall–Kier alpha value is -1.17. The Morgan fingerprint density at radius 2 is 2.05 bits per heavy atom. The van der Waals surface area contributed by atoms with Crippen molar-refractivity contribution in [3.05, 3.63) is 29.0 Å². The van der Waals surface area contributed by atoms with E-state index in [0.29, 0.717) is 0 Å². The SMILES string of the molecule is Cn1c(=S)n(CN2CCC[C@H](O)C2)c2ccccc21. The number of aliphatic hydroxyl groups is 1. The second kappa shape index (κ2) is 5.07. The van der Waals surface area contributed by atoms with Crippen molar-refractivity contribution >= 4 is 23.3 Å². The maximum Gasteiger partial charge on any atom is 0.181 e. The molecule has 4 nitrogen and oxygen atoms in total. The molecule has 1 fully saturated rings. The molecule has 2 aromatic rings. The van der Waals surface area contributed by atoms with Crippen molar-refractivity contribution in [1.29, 1.82) is 0 Å². The number of aliphatic hydroxyl groups excluding tert-OH is 1. The van der Waals surface area contributed by atoms with Gasteiger partial charge >= 0.3 is 0 Å². The molecule has 0 radical (unpaired) electrons. The molecule has 19 heavy (non-hydrogen) atoms. The number of aryl methyl sites for hydroxylation is 1. The zero-order chi connectivity index (χ0) is 13.4. The van der Waals surface area contributed by atoms with Crippen LogP contribution in [0.5, 0.6) is 0 Å². The molecule has 0 unspecified atom stereocenters. The number of nitrogens with zero attached hydrogens (tertiary/aromatic N) is 3. The van der Waals surface area contributed by atoms with E-state index in [1.807, 2.05) is 23.7 Å². The monoisotopic (exact) mass is 277 g/mol. The largest absolute Gasteiger partial charge is 0.392 e. The molecule has 1 N–H and O–H groups in total. The van der Waals surface area contributed by atoms with Gasteiger partial charge in [0.1, 0.15) is 0 Å². The Kier molecular flexibility index (Phi) is 3.43. The molecule has 102 valence electrons. The Bertz CT molecular complexity index is 646. The van der Waals surface area contributed by atoms with E-state index in [4.69, 9.17) is 12.2 Å². The fraction of sp³-hybridized carbons (Fsp3) is 0.500. The minimum Gasteiger partial charge on any atom is -0.392 e. The first-order valence-electron chi connectivity index (χ1n) is 6.71. The summed E-state index contributed by atoms with van der Waals surface area (Å²) in [6.07, 6.45) is 1.77. The van der Waals surface area contributed by atoms with E-state index in [9.17, 15) is 5.11 Å². The number of imidazole rings is 1. The lowest BCUT2D eigenvalue weighted by Crippen LogP contribution is -2.39. The van der Waals surface area contributed by atoms with Gasteiger partial charge in [0.05, 0.1) is 23.8 Å². The van der Waals surface area contributed by atoms with Crippen LogP contribution >= 0.6 is 12.2 Å². The fourth-order valence-electron chi connectivity index (χ4n) is 2.86. The number of aromatic nitrogens is 2. The summed E-state index contributed by atoms with van der Waals surface area (Å²) in [5, 5.41) is 9.76. The third-order valence-corrected chi connectivity index (χ3v) is 4.37. The van der Waals surface area contributed by atoms with Crippen molar-refractivity contribution in [2.75, 3.05) is 13.1 Å². The standard InChI is InChI=1S/C14H19N3OS/c1-15-12-6-2-3-7-13(12)17(14(15)19)10-16-8-4-5-11(18)9-16/h2-3,6-7,11,18H,4-5,8-10H2,1H3/t11-/m0/s1. The minimum absolute atomic E-state index is 0.196. The first-order valence-corrected chi connectivity index (χ1v) is 7.12. The number of likely N-dealkylation sites (tertiary alicyclic amines) is 1. The summed E-state index contributed by atoms with van der Waals surface area (Å²) in [7, 11) is 2.01. The van der Waals surface area contributed by atoms with Crippen LogP contribution in [0, 0.1) is 4.77 Å². The van der Waals surface area contributed by atoms with Crippen LogP contribution in [0.25, 0.3) is 11.0 Å². The lowest BCUT2D eigenvalue weighted by atomic mass is 10.1. The van der Waals surface area contributed by atoms with Gasteiger partial charge < -0.3 is 14.2 Å². The number of fused-ring (bicyclic) bond motifs is 1. The third-order valence-electron chi connectivity index (χ3n) is 3.87. The molecule has 1 aromatic heterocycles. The molecule has 0 aliphatic carbocycles. The zero-order valence-corrected chi connectivity index (χ0v) is 11.9. The van der Waals surface area contributed by atoms with Crippen molar-refractivity contribution in [3.8, 4) is 0 Å². The normalized spacial score (nSPS) is 21.1. The Balaban J connectivity index is 1.96. The quantitative estimate of drug-likeness (QED) is 0.854. The summed E-state index contributed by atoms with van der Waals surface area (Å²) < 4.78 is 5.04. The number of β-amino-alcohol motifs (C(OH)–C–C–N with tert-alkyl or cyclic N) is 1. The predicted octanol–water partition coefficient (Wildman–Crippen LogP) is 2.12. The highest BCUT2D eigenvalue weighted by Gasteiger charge is 2.19. The molecule has 3 rings (SSSR count). The van der Waals surface area contributed by atoms with Gasteiger partial charge in [-0.3, -0.25) is 4.90 Å². The lowest BCUT2D eigenvalue weighted by Gasteiger charge is -2.30. The van der Waals surface area contributed by atoms with E-state index in [1.165, 1.54) is 0 Å². The summed E-state index contributed by atoms with van der Waals surface area (Å²) in [6.45, 7) is 2.53. The predicted molar refractivity (Wildman–Crippen MR) is 78.6 cm³/mol. The Morgan fingerprint density at radius 1 is 1.32 bits per heavy atom. The third kappa shape index (κ3) is 2.33. The molecule has 0 spiro atoms. The van der Waals surface area contributed by atoms with E-state index in [-0.39, 0.29) is 6.10 Å². The van der Waals surface area contributed by atoms with Gasteiger partial charge in [0.25, 0.3) is 0 Å². The van der Waals surface area contributed by atoms with E-state index in [1.54, 1.807) is 0 Å². The summed E-state index contributed by atoms with van der Waals surface area (Å²) in [6, 6.07) is 8.27. The van der Waals surface area contributed by atoms with Gasteiger partial charge in [0, 0.05) is 20.1 Å². The van der Waals surface area contributed by atoms with Crippen LogP contribution in [0.2, 0.25) is 0 Å². The van der Waals surface area contributed by atoms with Crippen molar-refractivity contribution in [1.82, 2.24) is 14.0 Å². The topological polar surface area (TPSA) is 33.3 Å². The van der Waals surface area contributed by atoms with Gasteiger partial charge in [0.15, 0.2) is 4.77 Å². The summed E-state index contributed by atoms with van der Waals surface area (Å²) in [5.41, 5.74) is 2.32. The maximum atomic E-state index is 9.76. The lowest BCUT2D eigenvalue weighted by molar-refractivity contribution is 0.0547. The van der Waals surface area contributed by atoms with Crippen LogP contribution < -0.4 is 0 Å². The van der Waals surface area contributed by atoms with E-state index < -0.39 is 0 Å². The highest BCUT2D eigenvalue weighted by Crippen LogP contribution is 2.18. The number of hydrogen-bond acceptors (Lipinski definition) is 3. The molecule has 1 aromatic carbocycles. The van der Waals surface area contributed by atoms with Gasteiger partial charge in [-0.05, 0) is 37.2 Å². The average molecular weight is 277 g/mol. The van der Waals surface area contributed by atoms with E-state index in [2.05, 4.69) is 21.6 Å². The van der Waals surface area contributed by atoms with Crippen LogP contribution in [0.3, 0.4) is 0 Å². The van der Waals surface area contributed by atoms with Crippen molar-refractivity contribution < 1.29 is 5.11 Å².